The zero-order valence-corrected chi connectivity index (χ0v) is 11.0. The molecule has 6 heteroatoms. The summed E-state index contributed by atoms with van der Waals surface area (Å²) >= 11 is 3.25. The molecule has 5 nitrogen and oxygen atoms in total. The molecule has 0 saturated heterocycles. The zero-order chi connectivity index (χ0) is 13.0. The Bertz CT molecular complexity index is 568. The highest BCUT2D eigenvalue weighted by molar-refractivity contribution is 9.10. The largest absolute Gasteiger partial charge is 0.383 e. The van der Waals surface area contributed by atoms with Gasteiger partial charge in [-0.25, -0.2) is 4.98 Å². The predicted octanol–water partition coefficient (Wildman–Crippen LogP) is 2.31. The molecule has 0 saturated carbocycles. The van der Waals surface area contributed by atoms with Crippen LogP contribution in [0, 0.1) is 11.3 Å². The second kappa shape index (κ2) is 5.47. The van der Waals surface area contributed by atoms with E-state index in [1.54, 1.807) is 18.2 Å². The Labute approximate surface area is 113 Å². The van der Waals surface area contributed by atoms with Crippen molar-refractivity contribution in [1.29, 1.82) is 5.26 Å². The summed E-state index contributed by atoms with van der Waals surface area (Å²) in [6.45, 7) is 0.571. The molecule has 0 bridgehead atoms. The van der Waals surface area contributed by atoms with Crippen molar-refractivity contribution in [3.05, 3.63) is 46.1 Å². The van der Waals surface area contributed by atoms with Gasteiger partial charge in [-0.1, -0.05) is 12.1 Å². The summed E-state index contributed by atoms with van der Waals surface area (Å²) in [5.41, 5.74) is 7.29. The number of anilines is 2. The van der Waals surface area contributed by atoms with Crippen LogP contribution in [0.25, 0.3) is 0 Å². The van der Waals surface area contributed by atoms with E-state index >= 15 is 0 Å². The summed E-state index contributed by atoms with van der Waals surface area (Å²) in [6, 6.07) is 11.0. The maximum Gasteiger partial charge on any atom is 0.225 e. The van der Waals surface area contributed by atoms with Gasteiger partial charge in [-0.3, -0.25) is 0 Å². The molecule has 0 aliphatic heterocycles. The lowest BCUT2D eigenvalue weighted by Gasteiger charge is -2.06. The zero-order valence-electron chi connectivity index (χ0n) is 9.39. The molecule has 0 radical (unpaired) electrons. The first-order valence-electron chi connectivity index (χ1n) is 5.20. The lowest BCUT2D eigenvalue weighted by Crippen LogP contribution is -2.05. The second-order valence-corrected chi connectivity index (χ2v) is 4.41. The standard InChI is InChI=1S/C12H10BrN5/c13-10-5-11(15)18-12(17-10)16-7-9-3-1-8(6-14)2-4-9/h1-5H,7H2,(H3,15,16,17,18). The van der Waals surface area contributed by atoms with Gasteiger partial charge in [-0.15, -0.1) is 0 Å². The van der Waals surface area contributed by atoms with Gasteiger partial charge in [0.2, 0.25) is 5.95 Å². The minimum atomic E-state index is 0.402. The summed E-state index contributed by atoms with van der Waals surface area (Å²) in [4.78, 5) is 8.20. The third-order valence-corrected chi connectivity index (χ3v) is 2.65. The van der Waals surface area contributed by atoms with Crippen molar-refractivity contribution in [2.75, 3.05) is 11.1 Å². The van der Waals surface area contributed by atoms with Crippen LogP contribution in [-0.4, -0.2) is 9.97 Å². The Morgan fingerprint density at radius 3 is 2.61 bits per heavy atom. The van der Waals surface area contributed by atoms with Crippen molar-refractivity contribution in [1.82, 2.24) is 9.97 Å². The number of nitrogens with one attached hydrogen (secondary N) is 1. The minimum absolute atomic E-state index is 0.402. The molecule has 2 aromatic rings. The average Bonchev–Trinajstić information content (AvgIpc) is 2.36. The number of benzene rings is 1. The maximum absolute atomic E-state index is 8.69. The van der Waals surface area contributed by atoms with Crippen LogP contribution in [0.4, 0.5) is 11.8 Å². The Morgan fingerprint density at radius 2 is 2.00 bits per heavy atom. The van der Waals surface area contributed by atoms with Gasteiger partial charge < -0.3 is 11.1 Å². The van der Waals surface area contributed by atoms with E-state index in [0.717, 1.165) is 5.56 Å². The van der Waals surface area contributed by atoms with Crippen molar-refractivity contribution >= 4 is 27.7 Å². The Kier molecular flexibility index (Phi) is 3.75. The van der Waals surface area contributed by atoms with Crippen molar-refractivity contribution in [3.63, 3.8) is 0 Å². The molecular weight excluding hydrogens is 294 g/mol. The number of halogens is 1. The fraction of sp³-hybridized carbons (Fsp3) is 0.0833. The molecule has 18 heavy (non-hydrogen) atoms. The number of rotatable bonds is 3. The van der Waals surface area contributed by atoms with Crippen LogP contribution in [-0.2, 0) is 6.54 Å². The maximum atomic E-state index is 8.69. The number of nitrogens with zero attached hydrogens (tertiary/aromatic N) is 3. The van der Waals surface area contributed by atoms with E-state index in [4.69, 9.17) is 11.0 Å². The summed E-state index contributed by atoms with van der Waals surface area (Å²) in [7, 11) is 0. The average molecular weight is 304 g/mol. The highest BCUT2D eigenvalue weighted by Crippen LogP contribution is 2.13. The van der Waals surface area contributed by atoms with Crippen molar-refractivity contribution in [2.24, 2.45) is 0 Å². The molecule has 90 valence electrons. The van der Waals surface area contributed by atoms with E-state index in [9.17, 15) is 0 Å². The molecule has 1 aromatic carbocycles. The Hall–Kier alpha value is -2.13. The number of nitrogen functional groups attached to an aromatic ring is 1. The van der Waals surface area contributed by atoms with E-state index in [2.05, 4.69) is 37.3 Å². The number of nitriles is 1. The van der Waals surface area contributed by atoms with E-state index in [-0.39, 0.29) is 0 Å². The number of aromatic nitrogens is 2. The van der Waals surface area contributed by atoms with Crippen LogP contribution >= 0.6 is 15.9 Å². The molecule has 0 atom stereocenters. The molecular formula is C12H10BrN5. The van der Waals surface area contributed by atoms with Gasteiger partial charge in [0.1, 0.15) is 10.4 Å². The van der Waals surface area contributed by atoms with Gasteiger partial charge in [0.15, 0.2) is 0 Å². The molecule has 1 aromatic heterocycles. The SMILES string of the molecule is N#Cc1ccc(CNc2nc(N)cc(Br)n2)cc1. The van der Waals surface area contributed by atoms with Crippen LogP contribution in [0.5, 0.6) is 0 Å². The molecule has 0 aliphatic carbocycles. The first kappa shape index (κ1) is 12.3. The van der Waals surface area contributed by atoms with Crippen LogP contribution in [0.15, 0.2) is 34.9 Å². The monoisotopic (exact) mass is 303 g/mol. The van der Waals surface area contributed by atoms with Crippen LogP contribution in [0.1, 0.15) is 11.1 Å². The van der Waals surface area contributed by atoms with Crippen LogP contribution < -0.4 is 11.1 Å². The molecule has 0 spiro atoms. The Morgan fingerprint density at radius 1 is 1.28 bits per heavy atom. The molecule has 0 unspecified atom stereocenters. The quantitative estimate of drug-likeness (QED) is 0.850. The van der Waals surface area contributed by atoms with E-state index in [1.165, 1.54) is 0 Å². The number of hydrogen-bond acceptors (Lipinski definition) is 5. The van der Waals surface area contributed by atoms with E-state index < -0.39 is 0 Å². The lowest BCUT2D eigenvalue weighted by atomic mass is 10.1. The van der Waals surface area contributed by atoms with Crippen LogP contribution in [0.3, 0.4) is 0 Å². The van der Waals surface area contributed by atoms with Gasteiger partial charge in [0.05, 0.1) is 11.6 Å². The topological polar surface area (TPSA) is 87.6 Å². The molecule has 0 amide bonds. The first-order chi connectivity index (χ1) is 8.67. The van der Waals surface area contributed by atoms with Gasteiger partial charge in [-0.2, -0.15) is 10.2 Å². The minimum Gasteiger partial charge on any atom is -0.383 e. The Balaban J connectivity index is 2.04. The van der Waals surface area contributed by atoms with Gasteiger partial charge >= 0.3 is 0 Å². The predicted molar refractivity (Wildman–Crippen MR) is 72.6 cm³/mol. The number of hydrogen-bond donors (Lipinski definition) is 2. The summed E-state index contributed by atoms with van der Waals surface area (Å²) in [6.07, 6.45) is 0. The normalized spacial score (nSPS) is 9.78. The third kappa shape index (κ3) is 3.18. The molecule has 3 N–H and O–H groups in total. The lowest BCUT2D eigenvalue weighted by molar-refractivity contribution is 1.05. The van der Waals surface area contributed by atoms with Gasteiger partial charge in [-0.05, 0) is 33.6 Å². The van der Waals surface area contributed by atoms with Crippen molar-refractivity contribution in [3.8, 4) is 6.07 Å². The van der Waals surface area contributed by atoms with Crippen molar-refractivity contribution in [2.45, 2.75) is 6.54 Å². The fourth-order valence-corrected chi connectivity index (χ4v) is 1.79. The third-order valence-electron chi connectivity index (χ3n) is 2.25. The summed E-state index contributed by atoms with van der Waals surface area (Å²) in [5, 5.41) is 11.8. The van der Waals surface area contributed by atoms with Crippen LogP contribution in [0.2, 0.25) is 0 Å². The summed E-state index contributed by atoms with van der Waals surface area (Å²) < 4.78 is 0.636. The van der Waals surface area contributed by atoms with E-state index in [0.29, 0.717) is 28.5 Å². The van der Waals surface area contributed by atoms with Gasteiger partial charge in [0.25, 0.3) is 0 Å². The fourth-order valence-electron chi connectivity index (χ4n) is 1.39. The first-order valence-corrected chi connectivity index (χ1v) is 5.99. The van der Waals surface area contributed by atoms with Crippen molar-refractivity contribution < 1.29 is 0 Å². The molecule has 0 fully saturated rings. The van der Waals surface area contributed by atoms with Gasteiger partial charge in [0, 0.05) is 12.6 Å². The smallest absolute Gasteiger partial charge is 0.225 e. The van der Waals surface area contributed by atoms with E-state index in [1.807, 2.05) is 12.1 Å². The molecule has 0 aliphatic rings. The highest BCUT2D eigenvalue weighted by Gasteiger charge is 2.00. The summed E-state index contributed by atoms with van der Waals surface area (Å²) in [5.74, 6) is 0.866. The number of nitrogens with two attached hydrogens (primary N) is 1. The second-order valence-electron chi connectivity index (χ2n) is 3.60. The highest BCUT2D eigenvalue weighted by atomic mass is 79.9. The molecule has 2 rings (SSSR count). The molecule has 1 heterocycles.